The first kappa shape index (κ1) is 14.8. The van der Waals surface area contributed by atoms with E-state index in [1.54, 1.807) is 0 Å². The summed E-state index contributed by atoms with van der Waals surface area (Å²) >= 11 is 0. The molecule has 0 radical (unpaired) electrons. The minimum absolute atomic E-state index is 0.252. The van der Waals surface area contributed by atoms with E-state index in [0.717, 1.165) is 41.6 Å². The highest BCUT2D eigenvalue weighted by molar-refractivity contribution is 4.39. The smallest absolute Gasteiger partial charge is 0.102 e. The molecule has 0 aliphatic heterocycles. The van der Waals surface area contributed by atoms with Crippen LogP contribution in [0.1, 0.15) is 6.42 Å². The van der Waals surface area contributed by atoms with Crippen molar-refractivity contribution in [3.8, 4) is 0 Å². The topological polar surface area (TPSA) is 40.5 Å². The molecule has 0 aliphatic carbocycles. The molecule has 0 fully saturated rings. The zero-order valence-electron chi connectivity index (χ0n) is 10.7. The highest BCUT2D eigenvalue weighted by Crippen LogP contribution is 2.03. The standard InChI is InChI=1S/C11H28N2O2/c1-12(2,8-10-14)6-5-7-13(3,4)9-11-15/h14-15H,5-11H2,1-4H3/q+2. The van der Waals surface area contributed by atoms with Crippen LogP contribution in [0.3, 0.4) is 0 Å². The fourth-order valence-electron chi connectivity index (χ4n) is 1.69. The van der Waals surface area contributed by atoms with Gasteiger partial charge in [-0.25, -0.2) is 0 Å². The van der Waals surface area contributed by atoms with Crippen LogP contribution in [0.2, 0.25) is 0 Å². The van der Waals surface area contributed by atoms with Crippen molar-refractivity contribution in [2.75, 3.05) is 67.6 Å². The van der Waals surface area contributed by atoms with E-state index >= 15 is 0 Å². The Balaban J connectivity index is 3.77. The van der Waals surface area contributed by atoms with Crippen molar-refractivity contribution in [3.05, 3.63) is 0 Å². The molecule has 0 spiro atoms. The maximum absolute atomic E-state index is 8.89. The van der Waals surface area contributed by atoms with Crippen LogP contribution in [0, 0.1) is 0 Å². The van der Waals surface area contributed by atoms with Gasteiger partial charge in [-0.3, -0.25) is 0 Å². The zero-order valence-corrected chi connectivity index (χ0v) is 10.7. The Labute approximate surface area is 93.9 Å². The minimum atomic E-state index is 0.252. The van der Waals surface area contributed by atoms with Gasteiger partial charge in [0.25, 0.3) is 0 Å². The molecule has 0 heterocycles. The maximum Gasteiger partial charge on any atom is 0.102 e. The summed E-state index contributed by atoms with van der Waals surface area (Å²) in [6, 6.07) is 0. The quantitative estimate of drug-likeness (QED) is 0.542. The number of rotatable bonds is 8. The number of quaternary nitrogens is 2. The molecule has 4 nitrogen and oxygen atoms in total. The predicted molar refractivity (Wildman–Crippen MR) is 62.5 cm³/mol. The molecular weight excluding hydrogens is 192 g/mol. The van der Waals surface area contributed by atoms with Crippen LogP contribution in [-0.2, 0) is 0 Å². The molecule has 0 aliphatic rings. The van der Waals surface area contributed by atoms with Crippen molar-refractivity contribution in [2.24, 2.45) is 0 Å². The minimum Gasteiger partial charge on any atom is -0.391 e. The molecule has 0 rings (SSSR count). The first-order valence-corrected chi connectivity index (χ1v) is 5.69. The van der Waals surface area contributed by atoms with E-state index < -0.39 is 0 Å². The third-order valence-electron chi connectivity index (χ3n) is 2.94. The highest BCUT2D eigenvalue weighted by atomic mass is 16.3. The zero-order chi connectivity index (χ0) is 11.9. The summed E-state index contributed by atoms with van der Waals surface area (Å²) in [6.07, 6.45) is 1.12. The molecule has 0 saturated carbocycles. The van der Waals surface area contributed by atoms with Crippen LogP contribution in [0.4, 0.5) is 0 Å². The highest BCUT2D eigenvalue weighted by Gasteiger charge is 2.18. The van der Waals surface area contributed by atoms with E-state index in [0.29, 0.717) is 0 Å². The van der Waals surface area contributed by atoms with E-state index in [1.165, 1.54) is 0 Å². The van der Waals surface area contributed by atoms with Crippen LogP contribution in [0.5, 0.6) is 0 Å². The van der Waals surface area contributed by atoms with Crippen LogP contribution < -0.4 is 0 Å². The van der Waals surface area contributed by atoms with Crippen LogP contribution >= 0.6 is 0 Å². The Morgan fingerprint density at radius 3 is 1.27 bits per heavy atom. The number of nitrogens with zero attached hydrogens (tertiary/aromatic N) is 2. The van der Waals surface area contributed by atoms with Crippen molar-refractivity contribution >= 4 is 0 Å². The number of aliphatic hydroxyl groups excluding tert-OH is 2. The summed E-state index contributed by atoms with van der Waals surface area (Å²) in [5.74, 6) is 0. The SMILES string of the molecule is C[N+](C)(CCO)CCC[N+](C)(C)CCO. The summed E-state index contributed by atoms with van der Waals surface area (Å²) in [5.41, 5.74) is 0. The largest absolute Gasteiger partial charge is 0.391 e. The monoisotopic (exact) mass is 220 g/mol. The Bertz CT molecular complexity index is 152. The van der Waals surface area contributed by atoms with E-state index in [2.05, 4.69) is 28.2 Å². The number of likely N-dealkylation sites (N-methyl/N-ethyl adjacent to an activating group) is 2. The lowest BCUT2D eigenvalue weighted by atomic mass is 10.3. The van der Waals surface area contributed by atoms with Gasteiger partial charge in [0, 0.05) is 6.42 Å². The van der Waals surface area contributed by atoms with Gasteiger partial charge in [0.1, 0.15) is 13.1 Å². The molecule has 4 heteroatoms. The number of aliphatic hydroxyl groups is 2. The van der Waals surface area contributed by atoms with Crippen molar-refractivity contribution in [3.63, 3.8) is 0 Å². The first-order valence-electron chi connectivity index (χ1n) is 5.69. The van der Waals surface area contributed by atoms with Gasteiger partial charge < -0.3 is 19.2 Å². The van der Waals surface area contributed by atoms with Gasteiger partial charge in [0.2, 0.25) is 0 Å². The van der Waals surface area contributed by atoms with E-state index in [1.807, 2.05) is 0 Å². The molecule has 0 amide bonds. The van der Waals surface area contributed by atoms with Crippen molar-refractivity contribution < 1.29 is 19.2 Å². The van der Waals surface area contributed by atoms with Crippen LogP contribution in [0.15, 0.2) is 0 Å². The summed E-state index contributed by atoms with van der Waals surface area (Å²) in [4.78, 5) is 0. The third-order valence-corrected chi connectivity index (χ3v) is 2.94. The van der Waals surface area contributed by atoms with Gasteiger partial charge in [0.05, 0.1) is 54.5 Å². The fourth-order valence-corrected chi connectivity index (χ4v) is 1.69. The Morgan fingerprint density at radius 1 is 0.667 bits per heavy atom. The molecule has 0 unspecified atom stereocenters. The lowest BCUT2D eigenvalue weighted by Gasteiger charge is -2.32. The molecule has 0 aromatic rings. The van der Waals surface area contributed by atoms with Crippen LogP contribution in [-0.4, -0.2) is 86.8 Å². The molecule has 2 N–H and O–H groups in total. The number of hydrogen-bond acceptors (Lipinski definition) is 2. The molecule has 0 atom stereocenters. The third kappa shape index (κ3) is 7.73. The van der Waals surface area contributed by atoms with Crippen LogP contribution in [0.25, 0.3) is 0 Å². The lowest BCUT2D eigenvalue weighted by Crippen LogP contribution is -2.47. The van der Waals surface area contributed by atoms with Crippen molar-refractivity contribution in [1.29, 1.82) is 0 Å². The van der Waals surface area contributed by atoms with E-state index in [9.17, 15) is 0 Å². The van der Waals surface area contributed by atoms with Gasteiger partial charge in [-0.2, -0.15) is 0 Å². The van der Waals surface area contributed by atoms with E-state index in [-0.39, 0.29) is 13.2 Å². The molecule has 15 heavy (non-hydrogen) atoms. The predicted octanol–water partition coefficient (Wildman–Crippen LogP) is -0.486. The summed E-state index contributed by atoms with van der Waals surface area (Å²) in [6.45, 7) is 4.28. The fraction of sp³-hybridized carbons (Fsp3) is 1.00. The normalized spacial score (nSPS) is 13.2. The second-order valence-corrected chi connectivity index (χ2v) is 5.57. The summed E-state index contributed by atoms with van der Waals surface area (Å²) in [5, 5.41) is 17.8. The van der Waals surface area contributed by atoms with E-state index in [4.69, 9.17) is 10.2 Å². The summed E-state index contributed by atoms with van der Waals surface area (Å²) < 4.78 is 1.74. The molecular formula is C11H28N2O2+2. The molecule has 0 bridgehead atoms. The van der Waals surface area contributed by atoms with Crippen molar-refractivity contribution in [1.82, 2.24) is 0 Å². The summed E-state index contributed by atoms with van der Waals surface area (Å²) in [7, 11) is 8.56. The lowest BCUT2D eigenvalue weighted by molar-refractivity contribution is -0.909. The second-order valence-electron chi connectivity index (χ2n) is 5.57. The van der Waals surface area contributed by atoms with Gasteiger partial charge in [-0.1, -0.05) is 0 Å². The molecule has 0 aromatic heterocycles. The maximum atomic E-state index is 8.89. The number of hydrogen-bond donors (Lipinski definition) is 2. The Kier molecular flexibility index (Phi) is 6.36. The Morgan fingerprint density at radius 2 is 1.00 bits per heavy atom. The van der Waals surface area contributed by atoms with Gasteiger partial charge >= 0.3 is 0 Å². The Hall–Kier alpha value is -0.160. The molecule has 92 valence electrons. The first-order chi connectivity index (χ1) is 6.83. The molecule has 0 saturated heterocycles. The van der Waals surface area contributed by atoms with Gasteiger partial charge in [0.15, 0.2) is 0 Å². The average Bonchev–Trinajstić information content (AvgIpc) is 2.02. The van der Waals surface area contributed by atoms with Gasteiger partial charge in [-0.15, -0.1) is 0 Å². The second kappa shape index (κ2) is 6.43. The van der Waals surface area contributed by atoms with Gasteiger partial charge in [-0.05, 0) is 0 Å². The molecule has 0 aromatic carbocycles. The average molecular weight is 220 g/mol. The van der Waals surface area contributed by atoms with Crippen molar-refractivity contribution in [2.45, 2.75) is 6.42 Å².